The predicted molar refractivity (Wildman–Crippen MR) is 73.9 cm³/mol. The second-order valence-corrected chi connectivity index (χ2v) is 4.36. The molecule has 0 aromatic heterocycles. The van der Waals surface area contributed by atoms with Gasteiger partial charge in [-0.1, -0.05) is 75.8 Å². The van der Waals surface area contributed by atoms with Crippen LogP contribution in [0.25, 0.3) is 0 Å². The van der Waals surface area contributed by atoms with E-state index in [0.717, 1.165) is 0 Å². The molecular weight excluding hydrogens is 364 g/mol. The van der Waals surface area contributed by atoms with Crippen LogP contribution in [0.4, 0.5) is 0 Å². The SMILES string of the molecule is CCCCCCCCCc1ccccc1.[Br-].[Br-].[Mg+2]. The van der Waals surface area contributed by atoms with Crippen molar-refractivity contribution >= 4 is 23.1 Å². The van der Waals surface area contributed by atoms with Crippen LogP contribution in [0, 0.1) is 0 Å². The van der Waals surface area contributed by atoms with Gasteiger partial charge in [0.25, 0.3) is 0 Å². The van der Waals surface area contributed by atoms with Crippen LogP contribution in [0.2, 0.25) is 0 Å². The van der Waals surface area contributed by atoms with Crippen molar-refractivity contribution in [2.24, 2.45) is 0 Å². The summed E-state index contributed by atoms with van der Waals surface area (Å²) in [5.41, 5.74) is 1.49. The Morgan fingerprint density at radius 2 is 1.22 bits per heavy atom. The Morgan fingerprint density at radius 1 is 0.722 bits per heavy atom. The van der Waals surface area contributed by atoms with Gasteiger partial charge in [0.2, 0.25) is 0 Å². The van der Waals surface area contributed by atoms with Gasteiger partial charge in [0, 0.05) is 0 Å². The molecule has 0 amide bonds. The van der Waals surface area contributed by atoms with Crippen molar-refractivity contribution in [3.05, 3.63) is 35.9 Å². The largest absolute Gasteiger partial charge is 2.00 e. The van der Waals surface area contributed by atoms with Gasteiger partial charge >= 0.3 is 23.1 Å². The zero-order chi connectivity index (χ0) is 10.8. The molecule has 0 fully saturated rings. The Morgan fingerprint density at radius 3 is 1.78 bits per heavy atom. The topological polar surface area (TPSA) is 0 Å². The molecule has 1 rings (SSSR count). The van der Waals surface area contributed by atoms with Crippen LogP contribution in [0.3, 0.4) is 0 Å². The molecule has 1 aromatic rings. The van der Waals surface area contributed by atoms with Crippen molar-refractivity contribution in [1.82, 2.24) is 0 Å². The predicted octanol–water partition coefficient (Wildman–Crippen LogP) is -1.39. The molecule has 0 saturated carbocycles. The van der Waals surface area contributed by atoms with E-state index in [9.17, 15) is 0 Å². The Bertz CT molecular complexity index is 240. The average molecular weight is 388 g/mol. The molecule has 0 saturated heterocycles. The third-order valence-electron chi connectivity index (χ3n) is 2.91. The number of hydrogen-bond donors (Lipinski definition) is 0. The van der Waals surface area contributed by atoms with Crippen molar-refractivity contribution in [1.29, 1.82) is 0 Å². The van der Waals surface area contributed by atoms with Gasteiger partial charge < -0.3 is 34.0 Å². The molecule has 0 aliphatic heterocycles. The molecule has 0 atom stereocenters. The van der Waals surface area contributed by atoms with Crippen LogP contribution >= 0.6 is 0 Å². The number of benzene rings is 1. The number of rotatable bonds is 8. The number of halogens is 2. The van der Waals surface area contributed by atoms with Gasteiger partial charge in [-0.05, 0) is 18.4 Å². The summed E-state index contributed by atoms with van der Waals surface area (Å²) in [6.07, 6.45) is 11.1. The van der Waals surface area contributed by atoms with E-state index < -0.39 is 0 Å². The fourth-order valence-corrected chi connectivity index (χ4v) is 1.93. The van der Waals surface area contributed by atoms with Gasteiger partial charge in [-0.25, -0.2) is 0 Å². The molecule has 0 radical (unpaired) electrons. The van der Waals surface area contributed by atoms with Crippen molar-refractivity contribution < 1.29 is 34.0 Å². The van der Waals surface area contributed by atoms with Gasteiger partial charge in [0.05, 0.1) is 0 Å². The van der Waals surface area contributed by atoms with E-state index in [1.807, 2.05) is 0 Å². The monoisotopic (exact) mass is 386 g/mol. The molecule has 0 aliphatic rings. The Labute approximate surface area is 150 Å². The van der Waals surface area contributed by atoms with Crippen LogP contribution in [0.15, 0.2) is 30.3 Å². The molecule has 0 aliphatic carbocycles. The Kier molecular flexibility index (Phi) is 23.9. The van der Waals surface area contributed by atoms with Gasteiger partial charge in [-0.2, -0.15) is 0 Å². The molecule has 0 bridgehead atoms. The first-order valence-electron chi connectivity index (χ1n) is 6.47. The normalized spacial score (nSPS) is 8.72. The smallest absolute Gasteiger partial charge is 1.00 e. The van der Waals surface area contributed by atoms with E-state index in [2.05, 4.69) is 37.3 Å². The van der Waals surface area contributed by atoms with E-state index in [1.54, 1.807) is 0 Å². The third-order valence-corrected chi connectivity index (χ3v) is 2.91. The van der Waals surface area contributed by atoms with Gasteiger partial charge in [0.1, 0.15) is 0 Å². The zero-order valence-corrected chi connectivity index (χ0v) is 16.1. The first-order valence-corrected chi connectivity index (χ1v) is 6.47. The molecule has 3 heteroatoms. The molecule has 0 N–H and O–H groups in total. The van der Waals surface area contributed by atoms with E-state index in [4.69, 9.17) is 0 Å². The van der Waals surface area contributed by atoms with E-state index in [1.165, 1.54) is 56.9 Å². The van der Waals surface area contributed by atoms with Crippen molar-refractivity contribution in [3.8, 4) is 0 Å². The van der Waals surface area contributed by atoms with Crippen LogP contribution in [0.1, 0.15) is 57.4 Å². The quantitative estimate of drug-likeness (QED) is 0.380. The summed E-state index contributed by atoms with van der Waals surface area (Å²) in [5.74, 6) is 0. The summed E-state index contributed by atoms with van der Waals surface area (Å²) in [6.45, 7) is 2.27. The minimum Gasteiger partial charge on any atom is -1.00 e. The summed E-state index contributed by atoms with van der Waals surface area (Å²) in [4.78, 5) is 0. The Hall–Kier alpha value is 0.946. The number of aryl methyl sites for hydroxylation is 1. The van der Waals surface area contributed by atoms with E-state index in [-0.39, 0.29) is 57.0 Å². The summed E-state index contributed by atoms with van der Waals surface area (Å²) < 4.78 is 0. The molecule has 0 heterocycles. The van der Waals surface area contributed by atoms with Crippen LogP contribution in [0.5, 0.6) is 0 Å². The number of hydrogen-bond acceptors (Lipinski definition) is 0. The first-order chi connectivity index (χ1) is 7.43. The molecule has 18 heavy (non-hydrogen) atoms. The van der Waals surface area contributed by atoms with Gasteiger partial charge in [-0.15, -0.1) is 0 Å². The first kappa shape index (κ1) is 24.0. The maximum absolute atomic E-state index is 2.27. The van der Waals surface area contributed by atoms with Crippen molar-refractivity contribution in [3.63, 3.8) is 0 Å². The van der Waals surface area contributed by atoms with Gasteiger partial charge in [0.15, 0.2) is 0 Å². The fraction of sp³-hybridized carbons (Fsp3) is 0.600. The summed E-state index contributed by atoms with van der Waals surface area (Å²) in [6, 6.07) is 10.8. The van der Waals surface area contributed by atoms with Gasteiger partial charge in [-0.3, -0.25) is 0 Å². The molecule has 100 valence electrons. The zero-order valence-electron chi connectivity index (χ0n) is 11.5. The maximum atomic E-state index is 2.27. The summed E-state index contributed by atoms with van der Waals surface area (Å²) in [7, 11) is 0. The van der Waals surface area contributed by atoms with E-state index in [0.29, 0.717) is 0 Å². The van der Waals surface area contributed by atoms with Crippen LogP contribution in [-0.4, -0.2) is 23.1 Å². The second kappa shape index (κ2) is 17.9. The molecule has 0 unspecified atom stereocenters. The minimum atomic E-state index is 0. The summed E-state index contributed by atoms with van der Waals surface area (Å²) >= 11 is 0. The average Bonchev–Trinajstić information content (AvgIpc) is 2.29. The second-order valence-electron chi connectivity index (χ2n) is 4.36. The molecular formula is C15H24Br2Mg. The maximum Gasteiger partial charge on any atom is 2.00 e. The van der Waals surface area contributed by atoms with Crippen LogP contribution in [-0.2, 0) is 6.42 Å². The fourth-order valence-electron chi connectivity index (χ4n) is 1.93. The van der Waals surface area contributed by atoms with Crippen LogP contribution < -0.4 is 34.0 Å². The minimum absolute atomic E-state index is 0. The Balaban J connectivity index is -0.000000750. The van der Waals surface area contributed by atoms with Crippen molar-refractivity contribution in [2.45, 2.75) is 58.3 Å². The number of unbranched alkanes of at least 4 members (excludes halogenated alkanes) is 6. The molecule has 0 spiro atoms. The summed E-state index contributed by atoms with van der Waals surface area (Å²) in [5, 5.41) is 0. The van der Waals surface area contributed by atoms with E-state index >= 15 is 0 Å². The van der Waals surface area contributed by atoms with Crippen molar-refractivity contribution in [2.75, 3.05) is 0 Å². The third kappa shape index (κ3) is 13.4. The molecule has 0 nitrogen and oxygen atoms in total. The molecule has 1 aromatic carbocycles. The standard InChI is InChI=1S/C15H24.2BrH.Mg/c1-2-3-4-5-6-7-9-12-15-13-10-8-11-14-15;;;/h8,10-11,13-14H,2-7,9,12H2,1H3;2*1H;/q;;;+2/p-2.